The molecule has 0 aliphatic heterocycles. The van der Waals surface area contributed by atoms with Crippen molar-refractivity contribution in [1.82, 2.24) is 14.4 Å². The molecule has 0 fully saturated rings. The number of fused-ring (bicyclic) bond motifs is 14. The van der Waals surface area contributed by atoms with E-state index in [-0.39, 0.29) is 42.5 Å². The minimum Gasteiger partial charge on any atom is -0.456 e. The molecule has 0 aliphatic carbocycles. The molecule has 4 nitrogen and oxygen atoms in total. The van der Waals surface area contributed by atoms with Crippen molar-refractivity contribution >= 4 is 81.8 Å². The van der Waals surface area contributed by atoms with Gasteiger partial charge in [-0.15, -0.1) is 65.0 Å². The summed E-state index contributed by atoms with van der Waals surface area (Å²) in [6.45, 7) is -7.47. The van der Waals surface area contributed by atoms with Gasteiger partial charge < -0.3 is 13.8 Å². The van der Waals surface area contributed by atoms with Gasteiger partial charge in [0.15, 0.2) is 0 Å². The molecule has 0 aliphatic rings. The summed E-state index contributed by atoms with van der Waals surface area (Å²) in [7, 11) is 0. The third kappa shape index (κ3) is 5.08. The van der Waals surface area contributed by atoms with Crippen LogP contribution in [-0.4, -0.2) is 14.4 Å². The zero-order valence-electron chi connectivity index (χ0n) is 36.3. The Morgan fingerprint density at radius 3 is 2.31 bits per heavy atom. The van der Waals surface area contributed by atoms with Gasteiger partial charge in [-0.1, -0.05) is 72.4 Å². The first-order valence-electron chi connectivity index (χ1n) is 21.0. The van der Waals surface area contributed by atoms with E-state index in [4.69, 9.17) is 21.7 Å². The Bertz CT molecular complexity index is 3520. The fourth-order valence-corrected chi connectivity index (χ4v) is 7.18. The van der Waals surface area contributed by atoms with Crippen LogP contribution in [0.1, 0.15) is 29.0 Å². The van der Waals surface area contributed by atoms with Crippen molar-refractivity contribution in [3.8, 4) is 11.3 Å². The van der Waals surface area contributed by atoms with Gasteiger partial charge in [0.25, 0.3) is 0 Å². The number of rotatable bonds is 1. The predicted molar refractivity (Wildman–Crippen MR) is 212 cm³/mol. The molecule has 0 bridgehead atoms. The van der Waals surface area contributed by atoms with Gasteiger partial charge in [0.2, 0.25) is 0 Å². The monoisotopic (exact) mass is 855 g/mol. The maximum absolute atomic E-state index is 7.54. The summed E-state index contributed by atoms with van der Waals surface area (Å²) in [5.41, 5.74) is 6.00. The number of imidazole rings is 1. The van der Waals surface area contributed by atoms with Crippen molar-refractivity contribution in [1.29, 1.82) is 0 Å². The number of hydrogen-bond donors (Lipinski definition) is 0. The molecule has 0 spiro atoms. The van der Waals surface area contributed by atoms with Gasteiger partial charge >= 0.3 is 0 Å². The molecule has 251 valence electrons. The second kappa shape index (κ2) is 12.4. The largest absolute Gasteiger partial charge is 0.456 e. The molecule has 11 rings (SSSR count). The minimum absolute atomic E-state index is 0. The Morgan fingerprint density at radius 2 is 1.44 bits per heavy atom. The smallest absolute Gasteiger partial charge is 0.136 e. The number of furan rings is 1. The van der Waals surface area contributed by atoms with E-state index < -0.39 is 20.6 Å². The zero-order chi connectivity index (χ0) is 41.7. The van der Waals surface area contributed by atoms with E-state index in [1.807, 2.05) is 18.2 Å². The summed E-state index contributed by atoms with van der Waals surface area (Å²) >= 11 is 0. The molecule has 1 radical (unpaired) electrons. The molecule has 7 aromatic carbocycles. The first kappa shape index (κ1) is 23.6. The van der Waals surface area contributed by atoms with Crippen molar-refractivity contribution < 1.29 is 36.9 Å². The van der Waals surface area contributed by atoms with Crippen LogP contribution in [0.15, 0.2) is 138 Å². The second-order valence-electron chi connectivity index (χ2n) is 12.6. The normalized spacial score (nSPS) is 14.9. The molecule has 0 unspecified atom stereocenters. The van der Waals surface area contributed by atoms with Crippen molar-refractivity contribution in [2.75, 3.05) is 0 Å². The molecule has 0 atom stereocenters. The van der Waals surface area contributed by atoms with E-state index in [1.165, 1.54) is 45.8 Å². The van der Waals surface area contributed by atoms with Crippen LogP contribution in [0, 0.1) is 32.7 Å². The predicted octanol–water partition coefficient (Wildman–Crippen LogP) is 12.3. The maximum Gasteiger partial charge on any atom is 0.136 e. The summed E-state index contributed by atoms with van der Waals surface area (Å²) < 4.78 is 75.7. The van der Waals surface area contributed by atoms with Gasteiger partial charge in [0.1, 0.15) is 11.2 Å². The van der Waals surface area contributed by atoms with Crippen LogP contribution in [0.4, 0.5) is 0 Å². The van der Waals surface area contributed by atoms with E-state index in [0.29, 0.717) is 5.56 Å². The Balaban J connectivity index is 0.000000168. The standard InChI is InChI=1S/C33H17N2O.C14H14N.Ir/c1-2-8-21-19(7-1)13-14-20-15-26-27-16-30-25(18-32(27)36-31(26)17-24(20)21)22-9-3-4-10-23(22)33-34-28-11-5-6-12-29(28)35(30)33;1-10-4-6-13(7-5-10)14-8-11(2)12(3)9-15-14;/h1-9,11-18H;4-6,8-9H,1-3H3;/q2*-1;/i;1D3,2D3,3D3;. The Labute approximate surface area is 326 Å². The molecule has 11 aromatic rings. The van der Waals surface area contributed by atoms with Crippen LogP contribution in [0.3, 0.4) is 0 Å². The van der Waals surface area contributed by atoms with Crippen LogP contribution in [-0.2, 0) is 20.1 Å². The summed E-state index contributed by atoms with van der Waals surface area (Å²) in [5, 5.41) is 10.5. The number of benzene rings is 7. The summed E-state index contributed by atoms with van der Waals surface area (Å²) in [4.78, 5) is 9.00. The van der Waals surface area contributed by atoms with Crippen LogP contribution >= 0.6 is 0 Å². The summed E-state index contributed by atoms with van der Waals surface area (Å²) in [6, 6.07) is 47.9. The molecule has 4 aromatic heterocycles. The van der Waals surface area contributed by atoms with Gasteiger partial charge in [0.05, 0.1) is 16.7 Å². The summed E-state index contributed by atoms with van der Waals surface area (Å²) in [6.07, 6.45) is 1.02. The molecule has 5 heteroatoms. The first-order chi connectivity index (χ1) is 28.6. The number of aryl methyl sites for hydroxylation is 3. The van der Waals surface area contributed by atoms with Gasteiger partial charge in [-0.3, -0.25) is 4.98 Å². The van der Waals surface area contributed by atoms with Crippen molar-refractivity contribution in [3.63, 3.8) is 0 Å². The van der Waals surface area contributed by atoms with E-state index in [1.54, 1.807) is 0 Å². The number of nitrogens with zero attached hydrogens (tertiary/aromatic N) is 3. The minimum atomic E-state index is -2.61. The van der Waals surface area contributed by atoms with Crippen molar-refractivity contribution in [2.45, 2.75) is 20.6 Å². The molecule has 52 heavy (non-hydrogen) atoms. The average molecular weight is 855 g/mol. The van der Waals surface area contributed by atoms with Gasteiger partial charge in [0, 0.05) is 54.9 Å². The van der Waals surface area contributed by atoms with E-state index in [0.717, 1.165) is 66.5 Å². The van der Waals surface area contributed by atoms with Crippen molar-refractivity contribution in [3.05, 3.63) is 162 Å². The first-order valence-corrected chi connectivity index (χ1v) is 16.5. The van der Waals surface area contributed by atoms with Crippen LogP contribution in [0.2, 0.25) is 0 Å². The topological polar surface area (TPSA) is 43.3 Å². The number of para-hydroxylation sites is 2. The SMILES string of the molecule is [2H]C([2H])([2H])c1c[c-]c(-c2cc(C([2H])([2H])[2H])c(C([2H])([2H])[2H])cn2)cc1.[Ir].[c-]1cccc2c1c1nc3ccccc3n1c1cc3c(cc21)oc1cc2c(ccc4ccccc42)cc13. The molecule has 0 N–H and O–H groups in total. The van der Waals surface area contributed by atoms with E-state index in [2.05, 4.69) is 106 Å². The Hall–Kier alpha value is -5.87. The average Bonchev–Trinajstić information content (AvgIpc) is 3.79. The van der Waals surface area contributed by atoms with Gasteiger partial charge in [-0.05, 0) is 88.3 Å². The van der Waals surface area contributed by atoms with Crippen LogP contribution in [0.25, 0.3) is 93.1 Å². The van der Waals surface area contributed by atoms with Gasteiger partial charge in [-0.2, -0.15) is 0 Å². The molecular formula is C47H31IrN3O-2. The molecule has 0 amide bonds. The fourth-order valence-electron chi connectivity index (χ4n) is 7.18. The van der Waals surface area contributed by atoms with E-state index >= 15 is 0 Å². The Kier molecular flexibility index (Phi) is 5.63. The molecule has 4 heterocycles. The number of aromatic nitrogens is 3. The van der Waals surface area contributed by atoms with Crippen molar-refractivity contribution in [2.24, 2.45) is 0 Å². The van der Waals surface area contributed by atoms with E-state index in [9.17, 15) is 0 Å². The van der Waals surface area contributed by atoms with Crippen LogP contribution < -0.4 is 0 Å². The Morgan fingerprint density at radius 1 is 0.635 bits per heavy atom. The number of pyridine rings is 2. The third-order valence-electron chi connectivity index (χ3n) is 9.62. The number of hydrogen-bond acceptors (Lipinski definition) is 3. The molecule has 0 saturated carbocycles. The van der Waals surface area contributed by atoms with Gasteiger partial charge in [-0.25, -0.2) is 0 Å². The third-order valence-corrected chi connectivity index (χ3v) is 9.62. The second-order valence-corrected chi connectivity index (χ2v) is 12.6. The zero-order valence-corrected chi connectivity index (χ0v) is 29.7. The summed E-state index contributed by atoms with van der Waals surface area (Å²) in [5.74, 6) is 0. The molecule has 0 saturated heterocycles. The quantitative estimate of drug-likeness (QED) is 0.122. The fraction of sp³-hybridized carbons (Fsp3) is 0.0638. The molecular weight excluding hydrogens is 815 g/mol. The maximum atomic E-state index is 7.54. The van der Waals surface area contributed by atoms with Crippen LogP contribution in [0.5, 0.6) is 0 Å².